The van der Waals surface area contributed by atoms with Crippen LogP contribution in [0.4, 0.5) is 0 Å². The fourth-order valence-electron chi connectivity index (χ4n) is 0.799. The third kappa shape index (κ3) is 2.17. The van der Waals surface area contributed by atoms with Gasteiger partial charge in [-0.1, -0.05) is 0 Å². The van der Waals surface area contributed by atoms with E-state index in [4.69, 9.17) is 9.84 Å². The van der Waals surface area contributed by atoms with Gasteiger partial charge in [0.15, 0.2) is 5.75 Å². The minimum Gasteiger partial charge on any atom is -0.494 e. The van der Waals surface area contributed by atoms with E-state index in [0.29, 0.717) is 10.4 Å². The van der Waals surface area contributed by atoms with Crippen LogP contribution in [-0.4, -0.2) is 22.7 Å². The molecule has 0 spiro atoms. The van der Waals surface area contributed by atoms with Crippen molar-refractivity contribution >= 4 is 15.9 Å². The van der Waals surface area contributed by atoms with E-state index < -0.39 is 0 Å². The Morgan fingerprint density at radius 1 is 1.67 bits per heavy atom. The van der Waals surface area contributed by atoms with Crippen molar-refractivity contribution in [3.63, 3.8) is 0 Å². The van der Waals surface area contributed by atoms with Crippen molar-refractivity contribution in [3.8, 4) is 5.75 Å². The molecule has 0 bridgehead atoms. The van der Waals surface area contributed by atoms with Gasteiger partial charge >= 0.3 is 0 Å². The van der Waals surface area contributed by atoms with E-state index in [1.807, 2.05) is 0 Å². The van der Waals surface area contributed by atoms with E-state index in [2.05, 4.69) is 20.9 Å². The van der Waals surface area contributed by atoms with Gasteiger partial charge in [-0.05, 0) is 22.0 Å². The number of hydrogen-bond donors (Lipinski definition) is 1. The summed E-state index contributed by atoms with van der Waals surface area (Å²) in [5, 5.41) is 8.85. The molecule has 0 aromatic carbocycles. The zero-order chi connectivity index (χ0) is 8.27. The molecule has 1 aromatic heterocycles. The summed E-state index contributed by atoms with van der Waals surface area (Å²) in [7, 11) is 1.54. The van der Waals surface area contributed by atoms with E-state index in [1.165, 1.54) is 0 Å². The van der Waals surface area contributed by atoms with Crippen LogP contribution < -0.4 is 4.74 Å². The third-order valence-electron chi connectivity index (χ3n) is 1.32. The van der Waals surface area contributed by atoms with E-state index in [1.54, 1.807) is 19.4 Å². The molecular weight excluding hydrogens is 226 g/mol. The van der Waals surface area contributed by atoms with Gasteiger partial charge in [-0.25, -0.2) is 4.98 Å². The molecule has 0 fully saturated rings. The maximum Gasteiger partial charge on any atom is 0.157 e. The van der Waals surface area contributed by atoms with Crippen LogP contribution in [0.2, 0.25) is 0 Å². The second-order valence-corrected chi connectivity index (χ2v) is 2.70. The maximum atomic E-state index is 8.85. The minimum absolute atomic E-state index is 0. The average Bonchev–Trinajstić information content (AvgIpc) is 2.04. The lowest BCUT2D eigenvalue weighted by atomic mass is 10.3. The fourth-order valence-corrected chi connectivity index (χ4v) is 1.33. The molecule has 0 aliphatic heterocycles. The highest BCUT2D eigenvalue weighted by Crippen LogP contribution is 2.25. The van der Waals surface area contributed by atoms with Crippen molar-refractivity contribution in [1.82, 2.24) is 4.98 Å². The number of aromatic nitrogens is 1. The fraction of sp³-hybridized carbons (Fsp3) is 0.286. The molecule has 1 aromatic rings. The molecule has 5 heteroatoms. The molecule has 0 unspecified atom stereocenters. The summed E-state index contributed by atoms with van der Waals surface area (Å²) in [5.74, 6) is 0.593. The standard InChI is InChI=1S/C7H8BrNO2.H2O/c1-11-6-5(4-10)2-3-9-7(6)8;/h2-3,10H,4H2,1H3;1H2. The lowest BCUT2D eigenvalue weighted by molar-refractivity contribution is 0.273. The number of ether oxygens (including phenoxy) is 1. The topological polar surface area (TPSA) is 73.8 Å². The minimum atomic E-state index is -0.0374. The Hall–Kier alpha value is -0.650. The van der Waals surface area contributed by atoms with Gasteiger partial charge in [0.25, 0.3) is 0 Å². The van der Waals surface area contributed by atoms with Crippen molar-refractivity contribution < 1.29 is 15.3 Å². The summed E-state index contributed by atoms with van der Waals surface area (Å²) in [6, 6.07) is 1.71. The lowest BCUT2D eigenvalue weighted by Crippen LogP contribution is -1.93. The Balaban J connectivity index is 0.00000121. The quantitative estimate of drug-likeness (QED) is 0.760. The van der Waals surface area contributed by atoms with Crippen molar-refractivity contribution in [2.24, 2.45) is 0 Å². The summed E-state index contributed by atoms with van der Waals surface area (Å²) < 4.78 is 5.61. The second-order valence-electron chi connectivity index (χ2n) is 1.95. The van der Waals surface area contributed by atoms with Crippen LogP contribution in [0.5, 0.6) is 5.75 Å². The van der Waals surface area contributed by atoms with Crippen molar-refractivity contribution in [1.29, 1.82) is 0 Å². The van der Waals surface area contributed by atoms with E-state index in [9.17, 15) is 0 Å². The van der Waals surface area contributed by atoms with Crippen LogP contribution in [0, 0.1) is 0 Å². The number of halogens is 1. The van der Waals surface area contributed by atoms with Crippen LogP contribution in [0.1, 0.15) is 5.56 Å². The molecule has 0 radical (unpaired) electrons. The van der Waals surface area contributed by atoms with Crippen LogP contribution in [-0.2, 0) is 6.61 Å². The Morgan fingerprint density at radius 2 is 2.33 bits per heavy atom. The summed E-state index contributed by atoms with van der Waals surface area (Å²) in [6.07, 6.45) is 1.61. The van der Waals surface area contributed by atoms with Crippen LogP contribution >= 0.6 is 15.9 Å². The number of methoxy groups -OCH3 is 1. The van der Waals surface area contributed by atoms with Gasteiger partial charge in [-0.15, -0.1) is 0 Å². The molecule has 68 valence electrons. The van der Waals surface area contributed by atoms with Crippen LogP contribution in [0.15, 0.2) is 16.9 Å². The van der Waals surface area contributed by atoms with Gasteiger partial charge in [0.1, 0.15) is 4.60 Å². The Bertz CT molecular complexity index is 254. The van der Waals surface area contributed by atoms with Gasteiger partial charge in [-0.2, -0.15) is 0 Å². The molecule has 0 aliphatic rings. The first-order chi connectivity index (χ1) is 5.29. The molecule has 3 N–H and O–H groups in total. The number of aliphatic hydroxyl groups is 1. The average molecular weight is 236 g/mol. The molecule has 0 amide bonds. The molecule has 0 saturated heterocycles. The summed E-state index contributed by atoms with van der Waals surface area (Å²) in [6.45, 7) is -0.0374. The Morgan fingerprint density at radius 3 is 2.75 bits per heavy atom. The molecule has 0 aliphatic carbocycles. The number of aliphatic hydroxyl groups excluding tert-OH is 1. The predicted octanol–water partition coefficient (Wildman–Crippen LogP) is 0.520. The molecular formula is C7H10BrNO3. The maximum absolute atomic E-state index is 8.85. The summed E-state index contributed by atoms with van der Waals surface area (Å²) in [4.78, 5) is 3.94. The monoisotopic (exact) mass is 235 g/mol. The van der Waals surface area contributed by atoms with Crippen molar-refractivity contribution in [2.45, 2.75) is 6.61 Å². The lowest BCUT2D eigenvalue weighted by Gasteiger charge is -2.05. The largest absolute Gasteiger partial charge is 0.494 e. The summed E-state index contributed by atoms with van der Waals surface area (Å²) in [5.41, 5.74) is 0.731. The van der Waals surface area contributed by atoms with E-state index in [0.717, 1.165) is 5.56 Å². The number of pyridine rings is 1. The highest BCUT2D eigenvalue weighted by molar-refractivity contribution is 9.10. The third-order valence-corrected chi connectivity index (χ3v) is 1.88. The SMILES string of the molecule is COc1c(CO)ccnc1Br.O. The summed E-state index contributed by atoms with van der Waals surface area (Å²) >= 11 is 3.20. The number of nitrogens with zero attached hydrogens (tertiary/aromatic N) is 1. The number of hydrogen-bond acceptors (Lipinski definition) is 3. The van der Waals surface area contributed by atoms with Gasteiger partial charge in [0.05, 0.1) is 13.7 Å². The van der Waals surface area contributed by atoms with Crippen LogP contribution in [0.3, 0.4) is 0 Å². The van der Waals surface area contributed by atoms with Gasteiger partial charge in [0.2, 0.25) is 0 Å². The smallest absolute Gasteiger partial charge is 0.157 e. The second kappa shape index (κ2) is 5.08. The molecule has 0 saturated carbocycles. The molecule has 4 nitrogen and oxygen atoms in total. The van der Waals surface area contributed by atoms with Gasteiger partial charge < -0.3 is 15.3 Å². The zero-order valence-electron chi connectivity index (χ0n) is 6.54. The normalized spacial score (nSPS) is 8.92. The Kier molecular flexibility index (Phi) is 4.80. The molecule has 1 heterocycles. The molecule has 0 atom stereocenters. The predicted molar refractivity (Wildman–Crippen MR) is 48.0 cm³/mol. The Labute approximate surface area is 78.6 Å². The van der Waals surface area contributed by atoms with Crippen molar-refractivity contribution in [2.75, 3.05) is 7.11 Å². The van der Waals surface area contributed by atoms with E-state index >= 15 is 0 Å². The highest BCUT2D eigenvalue weighted by Gasteiger charge is 2.05. The molecule has 12 heavy (non-hydrogen) atoms. The van der Waals surface area contributed by atoms with Crippen LogP contribution in [0.25, 0.3) is 0 Å². The van der Waals surface area contributed by atoms with Crippen molar-refractivity contribution in [3.05, 3.63) is 22.4 Å². The number of rotatable bonds is 2. The van der Waals surface area contributed by atoms with Gasteiger partial charge in [0, 0.05) is 11.8 Å². The molecule has 1 rings (SSSR count). The van der Waals surface area contributed by atoms with Gasteiger partial charge in [-0.3, -0.25) is 0 Å². The zero-order valence-corrected chi connectivity index (χ0v) is 8.13. The first kappa shape index (κ1) is 11.4. The first-order valence-corrected chi connectivity index (χ1v) is 3.87. The highest BCUT2D eigenvalue weighted by atomic mass is 79.9. The first-order valence-electron chi connectivity index (χ1n) is 3.07. The van der Waals surface area contributed by atoms with E-state index in [-0.39, 0.29) is 12.1 Å².